The van der Waals surface area contributed by atoms with Crippen LogP contribution in [0.15, 0.2) is 36.5 Å². The number of fused-ring (bicyclic) bond motifs is 1. The summed E-state index contributed by atoms with van der Waals surface area (Å²) in [5.74, 6) is 0.0125. The number of carbonyl (C=O) groups excluding carboxylic acids is 1. The van der Waals surface area contributed by atoms with Gasteiger partial charge in [0.2, 0.25) is 0 Å². The van der Waals surface area contributed by atoms with Crippen LogP contribution in [-0.2, 0) is 13.5 Å². The van der Waals surface area contributed by atoms with E-state index in [2.05, 4.69) is 10.1 Å². The highest BCUT2D eigenvalue weighted by Gasteiger charge is 2.17. The van der Waals surface area contributed by atoms with Crippen LogP contribution >= 0.6 is 11.6 Å². The molecule has 0 saturated carbocycles. The molecule has 3 rings (SSSR count). The third kappa shape index (κ3) is 2.43. The quantitative estimate of drug-likeness (QED) is 0.697. The third-order valence-electron chi connectivity index (χ3n) is 3.54. The van der Waals surface area contributed by atoms with E-state index >= 15 is 0 Å². The number of ketones is 1. The molecule has 1 aromatic carbocycles. The molecule has 106 valence electrons. The normalized spacial score (nSPS) is 11.0. The van der Waals surface area contributed by atoms with E-state index in [1.54, 1.807) is 24.0 Å². The van der Waals surface area contributed by atoms with Crippen LogP contribution in [0, 0.1) is 6.92 Å². The lowest BCUT2D eigenvalue weighted by Crippen LogP contribution is -2.09. The van der Waals surface area contributed by atoms with Gasteiger partial charge in [-0.1, -0.05) is 29.8 Å². The molecule has 0 unspecified atom stereocenters. The summed E-state index contributed by atoms with van der Waals surface area (Å²) in [6.45, 7) is 1.83. The second kappa shape index (κ2) is 5.30. The van der Waals surface area contributed by atoms with Crippen molar-refractivity contribution in [3.05, 3.63) is 58.5 Å². The Bertz CT molecular complexity index is 833. The van der Waals surface area contributed by atoms with Crippen molar-refractivity contribution in [3.8, 4) is 0 Å². The molecule has 0 fully saturated rings. The second-order valence-corrected chi connectivity index (χ2v) is 5.32. The highest BCUT2D eigenvalue weighted by molar-refractivity contribution is 6.32. The number of hydrogen-bond acceptors (Lipinski definition) is 3. The van der Waals surface area contributed by atoms with Gasteiger partial charge in [0.1, 0.15) is 0 Å². The van der Waals surface area contributed by atoms with E-state index in [1.165, 1.54) is 0 Å². The van der Waals surface area contributed by atoms with Crippen molar-refractivity contribution in [2.75, 3.05) is 0 Å². The average Bonchev–Trinajstić information content (AvgIpc) is 2.73. The van der Waals surface area contributed by atoms with Gasteiger partial charge in [-0.15, -0.1) is 0 Å². The smallest absolute Gasteiger partial charge is 0.169 e. The van der Waals surface area contributed by atoms with Gasteiger partial charge in [-0.3, -0.25) is 14.5 Å². The molecule has 0 saturated heterocycles. The first-order valence-corrected chi connectivity index (χ1v) is 7.00. The molecule has 0 bridgehead atoms. The van der Waals surface area contributed by atoms with Crippen LogP contribution in [0.1, 0.15) is 21.7 Å². The standard InChI is InChI=1S/C16H14ClN3O/c1-10-16(17)14(20(2)19-10)9-15(21)12-7-8-18-13-6-4-3-5-11(12)13/h3-8H,9H2,1-2H3. The first kappa shape index (κ1) is 13.8. The minimum Gasteiger partial charge on any atom is -0.294 e. The number of aromatic nitrogens is 3. The number of para-hydroxylation sites is 1. The van der Waals surface area contributed by atoms with Crippen molar-refractivity contribution in [1.82, 2.24) is 14.8 Å². The zero-order valence-corrected chi connectivity index (χ0v) is 12.6. The molecule has 0 spiro atoms. The molecule has 2 heterocycles. The Labute approximate surface area is 127 Å². The van der Waals surface area contributed by atoms with Crippen molar-refractivity contribution < 1.29 is 4.79 Å². The van der Waals surface area contributed by atoms with E-state index in [0.717, 1.165) is 22.3 Å². The van der Waals surface area contributed by atoms with Crippen LogP contribution in [0.2, 0.25) is 5.02 Å². The van der Waals surface area contributed by atoms with Crippen molar-refractivity contribution in [2.24, 2.45) is 7.05 Å². The lowest BCUT2D eigenvalue weighted by atomic mass is 10.0. The third-order valence-corrected chi connectivity index (χ3v) is 4.03. The predicted molar refractivity (Wildman–Crippen MR) is 82.7 cm³/mol. The maximum atomic E-state index is 12.6. The number of benzene rings is 1. The van der Waals surface area contributed by atoms with Gasteiger partial charge in [-0.2, -0.15) is 5.10 Å². The van der Waals surface area contributed by atoms with Crippen molar-refractivity contribution in [2.45, 2.75) is 13.3 Å². The Kier molecular flexibility index (Phi) is 3.47. The molecule has 0 N–H and O–H groups in total. The Hall–Kier alpha value is -2.20. The number of carbonyl (C=O) groups is 1. The number of Topliss-reactive ketones (excluding diaryl/α,β-unsaturated/α-hetero) is 1. The topological polar surface area (TPSA) is 47.8 Å². The maximum Gasteiger partial charge on any atom is 0.169 e. The minimum absolute atomic E-state index is 0.0125. The second-order valence-electron chi connectivity index (χ2n) is 4.95. The minimum atomic E-state index is 0.0125. The molecule has 21 heavy (non-hydrogen) atoms. The van der Waals surface area contributed by atoms with E-state index in [9.17, 15) is 4.79 Å². The van der Waals surface area contributed by atoms with Gasteiger partial charge < -0.3 is 0 Å². The van der Waals surface area contributed by atoms with E-state index in [-0.39, 0.29) is 12.2 Å². The lowest BCUT2D eigenvalue weighted by Gasteiger charge is -2.06. The fourth-order valence-corrected chi connectivity index (χ4v) is 2.69. The Morgan fingerprint density at radius 2 is 2.05 bits per heavy atom. The summed E-state index contributed by atoms with van der Waals surface area (Å²) in [7, 11) is 1.80. The van der Waals surface area contributed by atoms with Gasteiger partial charge in [-0.05, 0) is 19.1 Å². The summed E-state index contributed by atoms with van der Waals surface area (Å²) in [6.07, 6.45) is 1.88. The van der Waals surface area contributed by atoms with Gasteiger partial charge >= 0.3 is 0 Å². The van der Waals surface area contributed by atoms with Crippen molar-refractivity contribution >= 4 is 28.3 Å². The van der Waals surface area contributed by atoms with E-state index in [1.807, 2.05) is 31.2 Å². The molecule has 0 aliphatic heterocycles. The van der Waals surface area contributed by atoms with Crippen LogP contribution < -0.4 is 0 Å². The summed E-state index contributed by atoms with van der Waals surface area (Å²) in [6, 6.07) is 9.37. The van der Waals surface area contributed by atoms with E-state index < -0.39 is 0 Å². The van der Waals surface area contributed by atoms with Gasteiger partial charge in [0.15, 0.2) is 5.78 Å². The maximum absolute atomic E-state index is 12.6. The molecule has 3 aromatic rings. The first-order valence-electron chi connectivity index (χ1n) is 6.63. The van der Waals surface area contributed by atoms with Gasteiger partial charge in [-0.25, -0.2) is 0 Å². The van der Waals surface area contributed by atoms with E-state index in [4.69, 9.17) is 11.6 Å². The van der Waals surface area contributed by atoms with Crippen molar-refractivity contribution in [3.63, 3.8) is 0 Å². The summed E-state index contributed by atoms with van der Waals surface area (Å²) < 4.78 is 1.67. The zero-order chi connectivity index (χ0) is 15.0. The Morgan fingerprint density at radius 1 is 1.29 bits per heavy atom. The summed E-state index contributed by atoms with van der Waals surface area (Å²) in [5, 5.41) is 5.66. The Morgan fingerprint density at radius 3 is 2.76 bits per heavy atom. The summed E-state index contributed by atoms with van der Waals surface area (Å²) in [5.41, 5.74) is 2.95. The fourth-order valence-electron chi connectivity index (χ4n) is 2.46. The van der Waals surface area contributed by atoms with Crippen LogP contribution in [0.4, 0.5) is 0 Å². The SMILES string of the molecule is Cc1nn(C)c(CC(=O)c2ccnc3ccccc23)c1Cl. The lowest BCUT2D eigenvalue weighted by molar-refractivity contribution is 0.0992. The molecule has 0 aliphatic rings. The summed E-state index contributed by atoms with van der Waals surface area (Å²) >= 11 is 6.22. The Balaban J connectivity index is 2.02. The van der Waals surface area contributed by atoms with Crippen LogP contribution in [-0.4, -0.2) is 20.5 Å². The first-order chi connectivity index (χ1) is 10.1. The molecular weight excluding hydrogens is 286 g/mol. The zero-order valence-electron chi connectivity index (χ0n) is 11.8. The molecule has 5 heteroatoms. The number of hydrogen-bond donors (Lipinski definition) is 0. The van der Waals surface area contributed by atoms with Gasteiger partial charge in [0.05, 0.1) is 28.3 Å². The molecule has 4 nitrogen and oxygen atoms in total. The fraction of sp³-hybridized carbons (Fsp3) is 0.188. The van der Waals surface area contributed by atoms with Crippen LogP contribution in [0.3, 0.4) is 0 Å². The van der Waals surface area contributed by atoms with Gasteiger partial charge in [0.25, 0.3) is 0 Å². The largest absolute Gasteiger partial charge is 0.294 e. The summed E-state index contributed by atoms with van der Waals surface area (Å²) in [4.78, 5) is 16.9. The number of rotatable bonds is 3. The molecule has 2 aromatic heterocycles. The highest BCUT2D eigenvalue weighted by Crippen LogP contribution is 2.23. The molecule has 0 atom stereocenters. The number of pyridine rings is 1. The molecule has 0 aliphatic carbocycles. The monoisotopic (exact) mass is 299 g/mol. The van der Waals surface area contributed by atoms with Crippen LogP contribution in [0.5, 0.6) is 0 Å². The van der Waals surface area contributed by atoms with Crippen molar-refractivity contribution in [1.29, 1.82) is 0 Å². The molecular formula is C16H14ClN3O. The molecule has 0 amide bonds. The van der Waals surface area contributed by atoms with Gasteiger partial charge in [0, 0.05) is 24.2 Å². The number of aryl methyl sites for hydroxylation is 2. The van der Waals surface area contributed by atoms with E-state index in [0.29, 0.717) is 10.6 Å². The predicted octanol–water partition coefficient (Wildman–Crippen LogP) is 3.36. The number of halogens is 1. The highest BCUT2D eigenvalue weighted by atomic mass is 35.5. The van der Waals surface area contributed by atoms with Crippen LogP contribution in [0.25, 0.3) is 10.9 Å². The number of nitrogens with zero attached hydrogens (tertiary/aromatic N) is 3. The average molecular weight is 300 g/mol. The molecule has 0 radical (unpaired) electrons.